The van der Waals surface area contributed by atoms with Crippen LogP contribution in [-0.4, -0.2) is 49.8 Å². The third-order valence-corrected chi connectivity index (χ3v) is 6.11. The van der Waals surface area contributed by atoms with Crippen molar-refractivity contribution in [3.8, 4) is 0 Å². The van der Waals surface area contributed by atoms with Gasteiger partial charge in [-0.1, -0.05) is 20.8 Å². The van der Waals surface area contributed by atoms with Crippen molar-refractivity contribution in [1.29, 1.82) is 0 Å². The molecule has 0 atom stereocenters. The zero-order valence-corrected chi connectivity index (χ0v) is 15.3. The highest BCUT2D eigenvalue weighted by Crippen LogP contribution is 2.33. The summed E-state index contributed by atoms with van der Waals surface area (Å²) in [5, 5.41) is 2.66. The highest BCUT2D eigenvalue weighted by atomic mass is 32.2. The molecule has 0 bridgehead atoms. The fourth-order valence-electron chi connectivity index (χ4n) is 2.70. The van der Waals surface area contributed by atoms with Crippen molar-refractivity contribution in [2.45, 2.75) is 45.6 Å². The van der Waals surface area contributed by atoms with E-state index in [-0.39, 0.29) is 11.6 Å². The van der Waals surface area contributed by atoms with Crippen molar-refractivity contribution < 1.29 is 22.8 Å². The first-order valence-electron chi connectivity index (χ1n) is 8.37. The van der Waals surface area contributed by atoms with Gasteiger partial charge in [-0.05, 0) is 25.2 Å². The summed E-state index contributed by atoms with van der Waals surface area (Å²) < 4.78 is 30.9. The summed E-state index contributed by atoms with van der Waals surface area (Å²) in [5.74, 6) is 0.750. The second-order valence-electron chi connectivity index (χ2n) is 6.66. The first-order valence-corrected chi connectivity index (χ1v) is 9.97. The van der Waals surface area contributed by atoms with Crippen molar-refractivity contribution in [3.05, 3.63) is 12.0 Å². The number of hydrogen-bond acceptors (Lipinski definition) is 6. The Morgan fingerprint density at radius 3 is 2.71 bits per heavy atom. The van der Waals surface area contributed by atoms with Gasteiger partial charge in [-0.2, -0.15) is 0 Å². The average molecular weight is 361 g/mol. The number of sulfonamides is 1. The number of carbonyl (C=O) groups excluding carboxylic acids is 1. The molecule has 1 fully saturated rings. The summed E-state index contributed by atoms with van der Waals surface area (Å²) in [6.07, 6.45) is 2.83. The summed E-state index contributed by atoms with van der Waals surface area (Å²) in [6.45, 7) is 7.16. The lowest BCUT2D eigenvalue weighted by atomic mass is 9.93. The lowest BCUT2D eigenvalue weighted by Gasteiger charge is -2.35. The minimum Gasteiger partial charge on any atom is -0.392 e. The van der Waals surface area contributed by atoms with E-state index in [0.29, 0.717) is 44.8 Å². The normalized spacial score (nSPS) is 20.8. The smallest absolute Gasteiger partial charge is 0.392 e. The van der Waals surface area contributed by atoms with Crippen LogP contribution in [0.3, 0.4) is 0 Å². The van der Waals surface area contributed by atoms with Crippen LogP contribution >= 0.6 is 0 Å². The minimum absolute atomic E-state index is 0.166. The molecule has 2 heterocycles. The Kier molecular flexibility index (Phi) is 6.11. The largest absolute Gasteiger partial charge is 0.413 e. The zero-order valence-electron chi connectivity index (χ0n) is 14.5. The van der Waals surface area contributed by atoms with E-state index in [9.17, 15) is 13.2 Å². The molecule has 1 spiro atoms. The Balaban J connectivity index is 1.88. The van der Waals surface area contributed by atoms with Gasteiger partial charge in [-0.15, -0.1) is 0 Å². The molecule has 1 saturated heterocycles. The number of carbonyl (C=O) groups is 1. The van der Waals surface area contributed by atoms with Gasteiger partial charge < -0.3 is 10.1 Å². The summed E-state index contributed by atoms with van der Waals surface area (Å²) in [5.41, 5.74) is 2.01. The number of piperidine rings is 1. The van der Waals surface area contributed by atoms with Gasteiger partial charge in [0.2, 0.25) is 15.9 Å². The lowest BCUT2D eigenvalue weighted by Crippen LogP contribution is -2.47. The topological polar surface area (TPSA) is 97.0 Å². The maximum Gasteiger partial charge on any atom is 0.413 e. The van der Waals surface area contributed by atoms with Gasteiger partial charge in [0.1, 0.15) is 5.60 Å². The average Bonchev–Trinajstić information content (AvgIpc) is 2.88. The lowest BCUT2D eigenvalue weighted by molar-refractivity contribution is -0.0729. The molecule has 24 heavy (non-hydrogen) atoms. The number of hydroxylamine groups is 1. The summed E-state index contributed by atoms with van der Waals surface area (Å²) >= 11 is 0. The monoisotopic (exact) mass is 361 g/mol. The molecule has 0 radical (unpaired) electrons. The van der Waals surface area contributed by atoms with E-state index >= 15 is 0 Å². The Morgan fingerprint density at radius 1 is 1.46 bits per heavy atom. The molecule has 9 heteroatoms. The maximum absolute atomic E-state index is 12.1. The van der Waals surface area contributed by atoms with Crippen LogP contribution in [0.5, 0.6) is 0 Å². The van der Waals surface area contributed by atoms with E-state index in [1.807, 2.05) is 20.8 Å². The molecule has 0 aromatic rings. The second-order valence-corrected chi connectivity index (χ2v) is 8.75. The van der Waals surface area contributed by atoms with Crippen LogP contribution in [0.25, 0.3) is 0 Å². The fraction of sp³-hybridized carbons (Fsp3) is 0.800. The predicted octanol–water partition coefficient (Wildman–Crippen LogP) is 1.32. The van der Waals surface area contributed by atoms with Gasteiger partial charge >= 0.3 is 6.09 Å². The molecule has 0 unspecified atom stereocenters. The Morgan fingerprint density at radius 2 is 2.12 bits per heavy atom. The van der Waals surface area contributed by atoms with Crippen molar-refractivity contribution in [2.75, 3.05) is 25.4 Å². The summed E-state index contributed by atoms with van der Waals surface area (Å²) in [7, 11) is -3.19. The van der Waals surface area contributed by atoms with Crippen LogP contribution in [0.15, 0.2) is 12.0 Å². The molecule has 2 aliphatic heterocycles. The first-order chi connectivity index (χ1) is 11.3. The highest BCUT2D eigenvalue weighted by Gasteiger charge is 2.42. The van der Waals surface area contributed by atoms with E-state index in [1.54, 1.807) is 6.08 Å². The fourth-order valence-corrected chi connectivity index (χ4v) is 4.21. The van der Waals surface area contributed by atoms with Crippen LogP contribution in [-0.2, 0) is 19.6 Å². The second kappa shape index (κ2) is 7.71. The zero-order chi connectivity index (χ0) is 17.8. The van der Waals surface area contributed by atoms with E-state index < -0.39 is 21.7 Å². The van der Waals surface area contributed by atoms with Crippen LogP contribution in [0, 0.1) is 5.92 Å². The number of hydrogen-bond donors (Lipinski definition) is 2. The van der Waals surface area contributed by atoms with E-state index in [2.05, 4.69) is 10.8 Å². The van der Waals surface area contributed by atoms with Gasteiger partial charge in [0.15, 0.2) is 0 Å². The molecule has 8 nitrogen and oxygen atoms in total. The number of nitrogens with one attached hydrogen (secondary N) is 2. The molecule has 2 aliphatic rings. The number of amides is 1. The third kappa shape index (κ3) is 4.84. The Labute approximate surface area is 143 Å². The van der Waals surface area contributed by atoms with E-state index in [1.165, 1.54) is 4.31 Å². The van der Waals surface area contributed by atoms with Crippen molar-refractivity contribution >= 4 is 16.1 Å². The highest BCUT2D eigenvalue weighted by molar-refractivity contribution is 7.89. The van der Waals surface area contributed by atoms with Crippen LogP contribution in [0.4, 0.5) is 4.79 Å². The predicted molar refractivity (Wildman–Crippen MR) is 89.2 cm³/mol. The third-order valence-electron chi connectivity index (χ3n) is 4.03. The standard InChI is InChI=1S/C15H27N3O5S/c1-4-9-24(20,21)18-7-5-15(6-8-18)10-13(17-23-15)22-14(19)16-11-12(2)3/h10,12,17H,4-9,11H2,1-3H3,(H,16,19). The number of rotatable bonds is 6. The van der Waals surface area contributed by atoms with Crippen molar-refractivity contribution in [1.82, 2.24) is 15.1 Å². The minimum atomic E-state index is -3.19. The van der Waals surface area contributed by atoms with Gasteiger partial charge in [0.05, 0.1) is 5.75 Å². The number of ether oxygens (including phenoxy) is 1. The quantitative estimate of drug-likeness (QED) is 0.741. The molecular weight excluding hydrogens is 334 g/mol. The number of alkyl carbamates (subject to hydrolysis) is 1. The summed E-state index contributed by atoms with van der Waals surface area (Å²) in [4.78, 5) is 17.2. The van der Waals surface area contributed by atoms with Gasteiger partial charge in [0, 0.05) is 25.7 Å². The van der Waals surface area contributed by atoms with Crippen LogP contribution in [0.2, 0.25) is 0 Å². The van der Waals surface area contributed by atoms with Gasteiger partial charge in [-0.25, -0.2) is 23.0 Å². The SMILES string of the molecule is CCCS(=O)(=O)N1CCC2(C=C(OC(=O)NCC(C)C)NO2)CC1. The Bertz CT molecular complexity index is 580. The maximum atomic E-state index is 12.1. The molecule has 0 aromatic carbocycles. The van der Waals surface area contributed by atoms with E-state index in [0.717, 1.165) is 0 Å². The number of nitrogens with zero attached hydrogens (tertiary/aromatic N) is 1. The first kappa shape index (κ1) is 19.0. The molecule has 0 aliphatic carbocycles. The molecule has 1 amide bonds. The van der Waals surface area contributed by atoms with Crippen molar-refractivity contribution in [3.63, 3.8) is 0 Å². The van der Waals surface area contributed by atoms with E-state index in [4.69, 9.17) is 9.57 Å². The van der Waals surface area contributed by atoms with Crippen LogP contribution in [0.1, 0.15) is 40.0 Å². The molecule has 0 aromatic heterocycles. The Hall–Kier alpha value is -1.32. The molecule has 138 valence electrons. The molecule has 2 rings (SSSR count). The van der Waals surface area contributed by atoms with Gasteiger partial charge in [-0.3, -0.25) is 4.84 Å². The van der Waals surface area contributed by atoms with Crippen molar-refractivity contribution in [2.24, 2.45) is 5.92 Å². The van der Waals surface area contributed by atoms with Crippen LogP contribution < -0.4 is 10.8 Å². The summed E-state index contributed by atoms with van der Waals surface area (Å²) in [6, 6.07) is 0. The molecule has 2 N–H and O–H groups in total. The molecular formula is C15H27N3O5S. The van der Waals surface area contributed by atoms with Gasteiger partial charge in [0.25, 0.3) is 0 Å². The molecule has 0 saturated carbocycles.